The lowest BCUT2D eigenvalue weighted by molar-refractivity contribution is 0.493. The van der Waals surface area contributed by atoms with Gasteiger partial charge in [0.15, 0.2) is 5.11 Å². The second kappa shape index (κ2) is 7.09. The molecule has 4 N–H and O–H groups in total. The van der Waals surface area contributed by atoms with E-state index >= 15 is 0 Å². The van der Waals surface area contributed by atoms with Crippen molar-refractivity contribution < 1.29 is 0 Å². The second-order valence-electron chi connectivity index (χ2n) is 3.84. The van der Waals surface area contributed by atoms with E-state index in [0.29, 0.717) is 11.2 Å². The molecule has 0 bridgehead atoms. The summed E-state index contributed by atoms with van der Waals surface area (Å²) < 4.78 is 0. The first-order valence-electron chi connectivity index (χ1n) is 4.83. The minimum Gasteiger partial charge on any atom is -0.359 e. The van der Waals surface area contributed by atoms with Crippen LogP contribution in [0.5, 0.6) is 0 Å². The van der Waals surface area contributed by atoms with E-state index < -0.39 is 0 Å². The van der Waals surface area contributed by atoms with E-state index in [2.05, 4.69) is 31.5 Å². The van der Waals surface area contributed by atoms with Crippen molar-refractivity contribution in [3.8, 4) is 0 Å². The smallest absolute Gasteiger partial charge is 0.180 e. The molecule has 0 fully saturated rings. The van der Waals surface area contributed by atoms with Crippen LogP contribution in [0, 0.1) is 5.92 Å². The number of hydrogen-bond donors (Lipinski definition) is 3. The van der Waals surface area contributed by atoms with E-state index in [1.54, 1.807) is 0 Å². The van der Waals surface area contributed by atoms with Crippen LogP contribution in [0.2, 0.25) is 0 Å². The molecule has 0 unspecified atom stereocenters. The lowest BCUT2D eigenvalue weighted by Crippen LogP contribution is -2.43. The van der Waals surface area contributed by atoms with Gasteiger partial charge < -0.3 is 10.7 Å². The van der Waals surface area contributed by atoms with Crippen molar-refractivity contribution in [2.75, 3.05) is 0 Å². The van der Waals surface area contributed by atoms with E-state index in [1.165, 1.54) is 12.8 Å². The van der Waals surface area contributed by atoms with Gasteiger partial charge in [0.05, 0.1) is 0 Å². The van der Waals surface area contributed by atoms with Crippen molar-refractivity contribution in [2.24, 2.45) is 11.8 Å². The number of rotatable bonds is 5. The highest BCUT2D eigenvalue weighted by Crippen LogP contribution is 2.07. The van der Waals surface area contributed by atoms with Crippen molar-refractivity contribution in [2.45, 2.75) is 46.1 Å². The third-order valence-corrected chi connectivity index (χ3v) is 2.16. The Kier molecular flexibility index (Phi) is 6.90. The highest BCUT2D eigenvalue weighted by Gasteiger charge is 2.03. The van der Waals surface area contributed by atoms with E-state index in [1.807, 2.05) is 0 Å². The van der Waals surface area contributed by atoms with Crippen LogP contribution in [0.1, 0.15) is 40.0 Å². The Balaban J connectivity index is 3.40. The average Bonchev–Trinajstić information content (AvgIpc) is 2.03. The summed E-state index contributed by atoms with van der Waals surface area (Å²) in [6.45, 7) is 6.60. The van der Waals surface area contributed by atoms with Gasteiger partial charge in [-0.05, 0) is 31.5 Å². The quantitative estimate of drug-likeness (QED) is 0.360. The second-order valence-corrected chi connectivity index (χ2v) is 4.25. The molecular formula is C9H21N3S. The van der Waals surface area contributed by atoms with Crippen LogP contribution in [0.15, 0.2) is 0 Å². The number of nitrogens with one attached hydrogen (secondary N) is 2. The predicted molar refractivity (Wildman–Crippen MR) is 61.2 cm³/mol. The fourth-order valence-electron chi connectivity index (χ4n) is 1.17. The molecule has 78 valence electrons. The zero-order chi connectivity index (χ0) is 10.3. The van der Waals surface area contributed by atoms with Gasteiger partial charge in [0.1, 0.15) is 0 Å². The number of hydrogen-bond acceptors (Lipinski definition) is 2. The van der Waals surface area contributed by atoms with Gasteiger partial charge in [-0.3, -0.25) is 0 Å². The van der Waals surface area contributed by atoms with Gasteiger partial charge >= 0.3 is 0 Å². The van der Waals surface area contributed by atoms with Crippen molar-refractivity contribution in [3.63, 3.8) is 0 Å². The zero-order valence-electron chi connectivity index (χ0n) is 8.76. The summed E-state index contributed by atoms with van der Waals surface area (Å²) in [4.78, 5) is 0. The Bertz CT molecular complexity index is 148. The molecule has 4 heteroatoms. The van der Waals surface area contributed by atoms with E-state index in [0.717, 1.165) is 12.3 Å². The molecule has 0 saturated carbocycles. The summed E-state index contributed by atoms with van der Waals surface area (Å²) in [6.07, 6.45) is 3.65. The minimum absolute atomic E-state index is 0.405. The Labute approximate surface area is 86.4 Å². The molecule has 13 heavy (non-hydrogen) atoms. The molecule has 0 aromatic carbocycles. The molecule has 1 atom stereocenters. The first-order valence-corrected chi connectivity index (χ1v) is 5.24. The van der Waals surface area contributed by atoms with Gasteiger partial charge in [0, 0.05) is 6.04 Å². The molecule has 0 heterocycles. The summed E-state index contributed by atoms with van der Waals surface area (Å²) in [7, 11) is 0. The molecule has 0 aliphatic carbocycles. The summed E-state index contributed by atoms with van der Waals surface area (Å²) in [5.41, 5.74) is 2.42. The van der Waals surface area contributed by atoms with Crippen LogP contribution in [0.3, 0.4) is 0 Å². The summed E-state index contributed by atoms with van der Waals surface area (Å²) in [5, 5.41) is 3.62. The number of thiocarbonyl (C=S) groups is 1. The van der Waals surface area contributed by atoms with Crippen LogP contribution in [0.25, 0.3) is 0 Å². The van der Waals surface area contributed by atoms with Crippen LogP contribution in [-0.4, -0.2) is 11.2 Å². The molecule has 0 aliphatic rings. The highest BCUT2D eigenvalue weighted by atomic mass is 32.1. The van der Waals surface area contributed by atoms with Gasteiger partial charge in [-0.2, -0.15) is 0 Å². The predicted octanol–water partition coefficient (Wildman–Crippen LogP) is 1.54. The molecule has 0 amide bonds. The Morgan fingerprint density at radius 2 is 1.92 bits per heavy atom. The average molecular weight is 203 g/mol. The van der Waals surface area contributed by atoms with E-state index in [-0.39, 0.29) is 0 Å². The zero-order valence-corrected chi connectivity index (χ0v) is 9.58. The third kappa shape index (κ3) is 7.99. The maximum atomic E-state index is 5.14. The van der Waals surface area contributed by atoms with Crippen LogP contribution < -0.4 is 16.6 Å². The van der Waals surface area contributed by atoms with E-state index in [9.17, 15) is 0 Å². The van der Waals surface area contributed by atoms with Gasteiger partial charge in [-0.15, -0.1) is 0 Å². The summed E-state index contributed by atoms with van der Waals surface area (Å²) >= 11 is 4.89. The lowest BCUT2D eigenvalue weighted by Gasteiger charge is -2.15. The minimum atomic E-state index is 0.405. The standard InChI is InChI=1S/C9H21N3S/c1-7(2)5-4-6-8(3)11-9(13)12-10/h7-8H,4-6,10H2,1-3H3,(H2,11,12,13)/t8-/m1/s1. The van der Waals surface area contributed by atoms with Gasteiger partial charge in [0.2, 0.25) is 0 Å². The van der Waals surface area contributed by atoms with Gasteiger partial charge in [0.25, 0.3) is 0 Å². The molecular weight excluding hydrogens is 182 g/mol. The molecule has 0 radical (unpaired) electrons. The van der Waals surface area contributed by atoms with Crippen LogP contribution in [0.4, 0.5) is 0 Å². The summed E-state index contributed by atoms with van der Waals surface area (Å²) in [6, 6.07) is 0.405. The number of hydrazine groups is 1. The summed E-state index contributed by atoms with van der Waals surface area (Å²) in [5.74, 6) is 5.93. The third-order valence-electron chi connectivity index (χ3n) is 1.93. The van der Waals surface area contributed by atoms with Crippen molar-refractivity contribution in [3.05, 3.63) is 0 Å². The molecule has 0 spiro atoms. The SMILES string of the molecule is CC(C)CCC[C@@H](C)NC(=S)NN. The first kappa shape index (κ1) is 12.7. The van der Waals surface area contributed by atoms with Crippen molar-refractivity contribution >= 4 is 17.3 Å². The molecule has 0 aliphatic heterocycles. The fraction of sp³-hybridized carbons (Fsp3) is 0.889. The van der Waals surface area contributed by atoms with E-state index in [4.69, 9.17) is 18.1 Å². The van der Waals surface area contributed by atoms with Crippen LogP contribution in [-0.2, 0) is 0 Å². The maximum absolute atomic E-state index is 5.14. The molecule has 0 aromatic heterocycles. The normalized spacial score (nSPS) is 12.7. The van der Waals surface area contributed by atoms with Crippen molar-refractivity contribution in [1.82, 2.24) is 10.7 Å². The Hall–Kier alpha value is -0.350. The monoisotopic (exact) mass is 203 g/mol. The topological polar surface area (TPSA) is 50.1 Å². The Morgan fingerprint density at radius 1 is 1.31 bits per heavy atom. The fourth-order valence-corrected chi connectivity index (χ4v) is 1.37. The lowest BCUT2D eigenvalue weighted by atomic mass is 10.0. The molecule has 0 rings (SSSR count). The highest BCUT2D eigenvalue weighted by molar-refractivity contribution is 7.80. The molecule has 3 nitrogen and oxygen atoms in total. The largest absolute Gasteiger partial charge is 0.359 e. The molecule has 0 saturated heterocycles. The maximum Gasteiger partial charge on any atom is 0.180 e. The first-order chi connectivity index (χ1) is 6.06. The van der Waals surface area contributed by atoms with Gasteiger partial charge in [-0.25, -0.2) is 5.84 Å². The van der Waals surface area contributed by atoms with Crippen LogP contribution >= 0.6 is 12.2 Å². The molecule has 0 aromatic rings. The number of nitrogens with two attached hydrogens (primary N) is 1. The van der Waals surface area contributed by atoms with Gasteiger partial charge in [-0.1, -0.05) is 26.7 Å². The van der Waals surface area contributed by atoms with Crippen molar-refractivity contribution in [1.29, 1.82) is 0 Å². The Morgan fingerprint density at radius 3 is 2.38 bits per heavy atom.